The number of benzene rings is 1. The minimum Gasteiger partial charge on any atom is -0.494 e. The third-order valence-electron chi connectivity index (χ3n) is 1.33. The van der Waals surface area contributed by atoms with Gasteiger partial charge >= 0.3 is 6.36 Å². The van der Waals surface area contributed by atoms with Gasteiger partial charge in [-0.3, -0.25) is 0 Å². The van der Waals surface area contributed by atoms with Crippen molar-refractivity contribution in [3.8, 4) is 11.5 Å². The van der Waals surface area contributed by atoms with Crippen molar-refractivity contribution in [2.24, 2.45) is 0 Å². The number of halogens is 3. The number of alkyl halides is 3. The summed E-state index contributed by atoms with van der Waals surface area (Å²) in [5, 5.41) is 0. The first-order valence-corrected chi connectivity index (χ1v) is 3.79. The van der Waals surface area contributed by atoms with Crippen molar-refractivity contribution in [3.05, 3.63) is 31.2 Å². The Morgan fingerprint density at radius 3 is 2.00 bits per heavy atom. The van der Waals surface area contributed by atoms with Crippen molar-refractivity contribution in [2.75, 3.05) is 6.61 Å². The Morgan fingerprint density at radius 2 is 1.57 bits per heavy atom. The molecule has 1 aromatic rings. The van der Waals surface area contributed by atoms with Crippen molar-refractivity contribution in [2.45, 2.75) is 6.36 Å². The van der Waals surface area contributed by atoms with Crippen molar-refractivity contribution in [1.82, 2.24) is 0 Å². The van der Waals surface area contributed by atoms with Crippen molar-refractivity contribution >= 4 is 0 Å². The maximum Gasteiger partial charge on any atom is 0.573 e. The van der Waals surface area contributed by atoms with Gasteiger partial charge in [0.25, 0.3) is 0 Å². The molecule has 0 N–H and O–H groups in total. The molecule has 2 nitrogen and oxygen atoms in total. The zero-order chi connectivity index (χ0) is 10.6. The van der Waals surface area contributed by atoms with Gasteiger partial charge in [-0.1, -0.05) is 0 Å². The molecule has 0 unspecified atom stereocenters. The molecule has 0 fully saturated rings. The van der Waals surface area contributed by atoms with Gasteiger partial charge in [0.1, 0.15) is 11.5 Å². The van der Waals surface area contributed by atoms with Crippen LogP contribution in [0.2, 0.25) is 0 Å². The SMILES string of the molecule is [CH2]COc1ccc(OC(F)(F)F)cc1. The van der Waals surface area contributed by atoms with E-state index in [0.29, 0.717) is 5.75 Å². The van der Waals surface area contributed by atoms with Gasteiger partial charge in [0.05, 0.1) is 6.61 Å². The number of hydrogen-bond donors (Lipinski definition) is 0. The van der Waals surface area contributed by atoms with Crippen LogP contribution in [0, 0.1) is 6.92 Å². The molecule has 14 heavy (non-hydrogen) atoms. The molecule has 0 bridgehead atoms. The van der Waals surface area contributed by atoms with Gasteiger partial charge in [0.2, 0.25) is 0 Å². The molecule has 1 rings (SSSR count). The molecule has 0 aromatic heterocycles. The molecule has 0 aliphatic carbocycles. The molecule has 5 heteroatoms. The lowest BCUT2D eigenvalue weighted by Gasteiger charge is -2.09. The molecule has 1 aromatic carbocycles. The standard InChI is InChI=1S/C9H8F3O2/c1-2-13-7-3-5-8(6-4-7)14-9(10,11)12/h3-6H,1-2H2. The highest BCUT2D eigenvalue weighted by atomic mass is 19.4. The van der Waals surface area contributed by atoms with Gasteiger partial charge in [-0.25, -0.2) is 0 Å². The first-order valence-electron chi connectivity index (χ1n) is 3.79. The summed E-state index contributed by atoms with van der Waals surface area (Å²) < 4.78 is 43.8. The van der Waals surface area contributed by atoms with Gasteiger partial charge in [-0.05, 0) is 31.2 Å². The van der Waals surface area contributed by atoms with Gasteiger partial charge in [0.15, 0.2) is 0 Å². The van der Waals surface area contributed by atoms with E-state index in [0.717, 1.165) is 0 Å². The lowest BCUT2D eigenvalue weighted by Crippen LogP contribution is -2.16. The molecule has 77 valence electrons. The highest BCUT2D eigenvalue weighted by Crippen LogP contribution is 2.24. The Morgan fingerprint density at radius 1 is 1.07 bits per heavy atom. The molecule has 0 aliphatic rings. The second-order valence-corrected chi connectivity index (χ2v) is 2.37. The Kier molecular flexibility index (Phi) is 3.22. The summed E-state index contributed by atoms with van der Waals surface area (Å²) >= 11 is 0. The van der Waals surface area contributed by atoms with Gasteiger partial charge in [0, 0.05) is 0 Å². The number of rotatable bonds is 3. The van der Waals surface area contributed by atoms with Crippen LogP contribution in [0.25, 0.3) is 0 Å². The smallest absolute Gasteiger partial charge is 0.494 e. The van der Waals surface area contributed by atoms with Crippen molar-refractivity contribution in [3.63, 3.8) is 0 Å². The molecule has 1 radical (unpaired) electrons. The van der Waals surface area contributed by atoms with Crippen molar-refractivity contribution in [1.29, 1.82) is 0 Å². The summed E-state index contributed by atoms with van der Waals surface area (Å²) in [6.07, 6.45) is -4.66. The predicted octanol–water partition coefficient (Wildman–Crippen LogP) is 2.80. The van der Waals surface area contributed by atoms with E-state index in [1.54, 1.807) is 0 Å². The second kappa shape index (κ2) is 4.21. The first-order chi connectivity index (χ1) is 6.51. The molecule has 0 saturated carbocycles. The fraction of sp³-hybridized carbons (Fsp3) is 0.222. The zero-order valence-electron chi connectivity index (χ0n) is 7.17. The monoisotopic (exact) mass is 205 g/mol. The number of hydrogen-bond acceptors (Lipinski definition) is 2. The predicted molar refractivity (Wildman–Crippen MR) is 44.0 cm³/mol. The maximum absolute atomic E-state index is 11.7. The van der Waals surface area contributed by atoms with Crippen LogP contribution in [0.3, 0.4) is 0 Å². The minimum absolute atomic E-state index is 0.222. The molecular formula is C9H8F3O2. The highest BCUT2D eigenvalue weighted by Gasteiger charge is 2.30. The largest absolute Gasteiger partial charge is 0.573 e. The van der Waals surface area contributed by atoms with E-state index in [1.807, 2.05) is 0 Å². The normalized spacial score (nSPS) is 11.1. The van der Waals surface area contributed by atoms with Crippen molar-refractivity contribution < 1.29 is 22.6 Å². The average molecular weight is 205 g/mol. The number of ether oxygens (including phenoxy) is 2. The van der Waals surface area contributed by atoms with Crippen LogP contribution < -0.4 is 9.47 Å². The summed E-state index contributed by atoms with van der Waals surface area (Å²) in [6, 6.07) is 5.12. The zero-order valence-corrected chi connectivity index (χ0v) is 7.17. The average Bonchev–Trinajstić information content (AvgIpc) is 2.06. The van der Waals surface area contributed by atoms with Crippen LogP contribution in [0.4, 0.5) is 13.2 Å². The third-order valence-corrected chi connectivity index (χ3v) is 1.33. The van der Waals surface area contributed by atoms with Crippen LogP contribution in [-0.2, 0) is 0 Å². The van der Waals surface area contributed by atoms with Gasteiger partial charge in [-0.2, -0.15) is 0 Å². The Hall–Kier alpha value is -1.39. The minimum atomic E-state index is -4.66. The van der Waals surface area contributed by atoms with Crippen LogP contribution in [0.15, 0.2) is 24.3 Å². The topological polar surface area (TPSA) is 18.5 Å². The lowest BCUT2D eigenvalue weighted by molar-refractivity contribution is -0.274. The molecule has 0 saturated heterocycles. The molecule has 0 aliphatic heterocycles. The van der Waals surface area contributed by atoms with E-state index in [-0.39, 0.29) is 12.4 Å². The van der Waals surface area contributed by atoms with Crippen LogP contribution in [-0.4, -0.2) is 13.0 Å². The Bertz CT molecular complexity index is 279. The fourth-order valence-electron chi connectivity index (χ4n) is 0.855. The van der Waals surface area contributed by atoms with Crippen LogP contribution in [0.5, 0.6) is 11.5 Å². The second-order valence-electron chi connectivity index (χ2n) is 2.37. The van der Waals surface area contributed by atoms with Crippen LogP contribution in [0.1, 0.15) is 0 Å². The first kappa shape index (κ1) is 10.7. The van der Waals surface area contributed by atoms with E-state index >= 15 is 0 Å². The summed E-state index contributed by atoms with van der Waals surface area (Å²) in [4.78, 5) is 0. The van der Waals surface area contributed by atoms with E-state index in [4.69, 9.17) is 4.74 Å². The van der Waals surface area contributed by atoms with E-state index in [9.17, 15) is 13.2 Å². The Labute approximate surface area is 79.2 Å². The molecular weight excluding hydrogens is 197 g/mol. The summed E-state index contributed by atoms with van der Waals surface area (Å²) in [5.74, 6) is 0.184. The summed E-state index contributed by atoms with van der Waals surface area (Å²) in [5.41, 5.74) is 0. The van der Waals surface area contributed by atoms with Crippen LogP contribution >= 0.6 is 0 Å². The van der Waals surface area contributed by atoms with Gasteiger partial charge in [-0.15, -0.1) is 13.2 Å². The molecule has 0 amide bonds. The molecule has 0 spiro atoms. The summed E-state index contributed by atoms with van der Waals surface area (Å²) in [7, 11) is 0. The fourth-order valence-corrected chi connectivity index (χ4v) is 0.855. The Balaban J connectivity index is 2.64. The van der Waals surface area contributed by atoms with E-state index in [2.05, 4.69) is 11.7 Å². The third kappa shape index (κ3) is 3.55. The highest BCUT2D eigenvalue weighted by molar-refractivity contribution is 5.31. The lowest BCUT2D eigenvalue weighted by atomic mass is 10.3. The van der Waals surface area contributed by atoms with Gasteiger partial charge < -0.3 is 9.47 Å². The molecule has 0 atom stereocenters. The quantitative estimate of drug-likeness (QED) is 0.755. The summed E-state index contributed by atoms with van der Waals surface area (Å²) in [6.45, 7) is 3.65. The maximum atomic E-state index is 11.7. The van der Waals surface area contributed by atoms with E-state index in [1.165, 1.54) is 24.3 Å². The molecule has 0 heterocycles. The van der Waals surface area contributed by atoms with E-state index < -0.39 is 6.36 Å².